The molecule has 21 heavy (non-hydrogen) atoms. The van der Waals surface area contributed by atoms with Crippen LogP contribution in [0.15, 0.2) is 36.4 Å². The Labute approximate surface area is 123 Å². The van der Waals surface area contributed by atoms with Gasteiger partial charge >= 0.3 is 0 Å². The molecule has 1 aromatic heterocycles. The van der Waals surface area contributed by atoms with Gasteiger partial charge in [-0.15, -0.1) is 5.10 Å². The van der Waals surface area contributed by atoms with Gasteiger partial charge in [0.05, 0.1) is 10.7 Å². The van der Waals surface area contributed by atoms with Crippen molar-refractivity contribution < 1.29 is 8.78 Å². The van der Waals surface area contributed by atoms with Gasteiger partial charge in [0.1, 0.15) is 17.3 Å². The van der Waals surface area contributed by atoms with E-state index in [1.165, 1.54) is 0 Å². The third-order valence-corrected chi connectivity index (χ3v) is 3.19. The van der Waals surface area contributed by atoms with Crippen molar-refractivity contribution in [1.82, 2.24) is 20.2 Å². The molecule has 0 unspecified atom stereocenters. The SMILES string of the molecule is Nc1ccc(-c2nnnn2-c2cc(F)ccc2F)cc1Cl. The highest BCUT2D eigenvalue weighted by Gasteiger charge is 2.15. The second-order valence-corrected chi connectivity index (χ2v) is 4.65. The Morgan fingerprint density at radius 2 is 1.90 bits per heavy atom. The van der Waals surface area contributed by atoms with Gasteiger partial charge in [-0.1, -0.05) is 11.6 Å². The smallest absolute Gasteiger partial charge is 0.187 e. The number of hydrogen-bond donors (Lipinski definition) is 1. The lowest BCUT2D eigenvalue weighted by Crippen LogP contribution is -2.03. The van der Waals surface area contributed by atoms with Crippen LogP contribution in [0.2, 0.25) is 5.02 Å². The second kappa shape index (κ2) is 5.10. The minimum atomic E-state index is -0.647. The predicted molar refractivity (Wildman–Crippen MR) is 73.9 cm³/mol. The first kappa shape index (κ1) is 13.4. The Morgan fingerprint density at radius 1 is 1.10 bits per heavy atom. The largest absolute Gasteiger partial charge is 0.398 e. The lowest BCUT2D eigenvalue weighted by atomic mass is 10.2. The maximum absolute atomic E-state index is 13.8. The molecule has 0 radical (unpaired) electrons. The lowest BCUT2D eigenvalue weighted by molar-refractivity contribution is 0.584. The van der Waals surface area contributed by atoms with Crippen LogP contribution in [0.4, 0.5) is 14.5 Å². The third kappa shape index (κ3) is 2.43. The summed E-state index contributed by atoms with van der Waals surface area (Å²) >= 11 is 5.95. The van der Waals surface area contributed by atoms with E-state index in [0.29, 0.717) is 16.3 Å². The minimum Gasteiger partial charge on any atom is -0.398 e. The van der Waals surface area contributed by atoms with Crippen LogP contribution in [0, 0.1) is 11.6 Å². The fourth-order valence-corrected chi connectivity index (χ4v) is 2.02. The maximum Gasteiger partial charge on any atom is 0.187 e. The quantitative estimate of drug-likeness (QED) is 0.739. The molecule has 106 valence electrons. The summed E-state index contributed by atoms with van der Waals surface area (Å²) in [6, 6.07) is 7.80. The average Bonchev–Trinajstić information content (AvgIpc) is 2.93. The second-order valence-electron chi connectivity index (χ2n) is 4.25. The third-order valence-electron chi connectivity index (χ3n) is 2.86. The van der Waals surface area contributed by atoms with Crippen molar-refractivity contribution in [2.45, 2.75) is 0 Å². The van der Waals surface area contributed by atoms with E-state index in [-0.39, 0.29) is 11.5 Å². The number of nitrogens with two attached hydrogens (primary N) is 1. The summed E-state index contributed by atoms with van der Waals surface area (Å²) in [5.41, 5.74) is 6.47. The number of aromatic nitrogens is 4. The van der Waals surface area contributed by atoms with Crippen molar-refractivity contribution >= 4 is 17.3 Å². The van der Waals surface area contributed by atoms with Crippen molar-refractivity contribution in [3.05, 3.63) is 53.1 Å². The monoisotopic (exact) mass is 307 g/mol. The summed E-state index contributed by atoms with van der Waals surface area (Å²) in [6.45, 7) is 0. The van der Waals surface area contributed by atoms with Gasteiger partial charge in [-0.3, -0.25) is 0 Å². The van der Waals surface area contributed by atoms with Crippen LogP contribution in [0.1, 0.15) is 0 Å². The predicted octanol–water partition coefficient (Wildman–Crippen LogP) is 2.84. The molecular formula is C13H8ClF2N5. The van der Waals surface area contributed by atoms with Gasteiger partial charge in [0, 0.05) is 11.6 Å². The molecule has 0 aliphatic carbocycles. The van der Waals surface area contributed by atoms with Crippen LogP contribution >= 0.6 is 11.6 Å². The van der Waals surface area contributed by atoms with E-state index in [0.717, 1.165) is 22.9 Å². The van der Waals surface area contributed by atoms with E-state index in [1.807, 2.05) is 0 Å². The molecule has 0 saturated carbocycles. The van der Waals surface area contributed by atoms with Crippen LogP contribution in [0.5, 0.6) is 0 Å². The van der Waals surface area contributed by atoms with E-state index in [1.54, 1.807) is 18.2 Å². The zero-order valence-electron chi connectivity index (χ0n) is 10.5. The van der Waals surface area contributed by atoms with Gasteiger partial charge < -0.3 is 5.73 Å². The van der Waals surface area contributed by atoms with Crippen LogP contribution < -0.4 is 5.73 Å². The maximum atomic E-state index is 13.8. The van der Waals surface area contributed by atoms with E-state index < -0.39 is 11.6 Å². The Morgan fingerprint density at radius 3 is 2.67 bits per heavy atom. The van der Waals surface area contributed by atoms with Crippen molar-refractivity contribution in [3.8, 4) is 17.1 Å². The van der Waals surface area contributed by atoms with Gasteiger partial charge in [-0.05, 0) is 40.8 Å². The fraction of sp³-hybridized carbons (Fsp3) is 0. The van der Waals surface area contributed by atoms with E-state index in [2.05, 4.69) is 15.5 Å². The number of nitrogen functional groups attached to an aromatic ring is 1. The normalized spacial score (nSPS) is 10.8. The van der Waals surface area contributed by atoms with Crippen LogP contribution in [0.25, 0.3) is 17.1 Å². The molecule has 0 fully saturated rings. The molecule has 0 amide bonds. The summed E-state index contributed by atoms with van der Waals surface area (Å²) in [4.78, 5) is 0. The number of benzene rings is 2. The zero-order chi connectivity index (χ0) is 15.0. The molecule has 3 rings (SSSR count). The summed E-state index contributed by atoms with van der Waals surface area (Å²) in [5, 5.41) is 11.3. The number of rotatable bonds is 2. The van der Waals surface area contributed by atoms with Gasteiger partial charge in [0.25, 0.3) is 0 Å². The average molecular weight is 308 g/mol. The van der Waals surface area contributed by atoms with E-state index in [9.17, 15) is 8.78 Å². The zero-order valence-corrected chi connectivity index (χ0v) is 11.2. The molecule has 1 heterocycles. The summed E-state index contributed by atoms with van der Waals surface area (Å²) in [7, 11) is 0. The topological polar surface area (TPSA) is 69.6 Å². The highest BCUT2D eigenvalue weighted by Crippen LogP contribution is 2.27. The molecule has 8 heteroatoms. The summed E-state index contributed by atoms with van der Waals surface area (Å²) in [5.74, 6) is -1.02. The van der Waals surface area contributed by atoms with Crippen molar-refractivity contribution in [3.63, 3.8) is 0 Å². The van der Waals surface area contributed by atoms with Gasteiger partial charge in [0.2, 0.25) is 0 Å². The molecule has 0 aliphatic rings. The van der Waals surface area contributed by atoms with E-state index in [4.69, 9.17) is 17.3 Å². The first-order chi connectivity index (χ1) is 10.1. The molecule has 3 aromatic rings. The molecular weight excluding hydrogens is 300 g/mol. The molecule has 0 atom stereocenters. The Kier molecular flexibility index (Phi) is 3.26. The van der Waals surface area contributed by atoms with Crippen molar-refractivity contribution in [2.24, 2.45) is 0 Å². The Bertz CT molecular complexity index is 818. The van der Waals surface area contributed by atoms with Crippen LogP contribution in [0.3, 0.4) is 0 Å². The van der Waals surface area contributed by atoms with Crippen LogP contribution in [-0.2, 0) is 0 Å². The molecule has 0 aliphatic heterocycles. The molecule has 2 aromatic carbocycles. The molecule has 0 bridgehead atoms. The van der Waals surface area contributed by atoms with Gasteiger partial charge in [-0.25, -0.2) is 8.78 Å². The number of tetrazole rings is 1. The molecule has 0 spiro atoms. The molecule has 2 N–H and O–H groups in total. The highest BCUT2D eigenvalue weighted by atomic mass is 35.5. The first-order valence-corrected chi connectivity index (χ1v) is 6.23. The number of anilines is 1. The Hall–Kier alpha value is -2.54. The van der Waals surface area contributed by atoms with Gasteiger partial charge in [0.15, 0.2) is 5.82 Å². The number of hydrogen-bond acceptors (Lipinski definition) is 4. The number of halogens is 3. The molecule has 5 nitrogen and oxygen atoms in total. The Balaban J connectivity index is 2.17. The van der Waals surface area contributed by atoms with Crippen LogP contribution in [-0.4, -0.2) is 20.2 Å². The lowest BCUT2D eigenvalue weighted by Gasteiger charge is -2.07. The molecule has 0 saturated heterocycles. The highest BCUT2D eigenvalue weighted by molar-refractivity contribution is 6.33. The van der Waals surface area contributed by atoms with Crippen molar-refractivity contribution in [1.29, 1.82) is 0 Å². The summed E-state index contributed by atoms with van der Waals surface area (Å²) < 4.78 is 28.2. The van der Waals surface area contributed by atoms with Gasteiger partial charge in [-0.2, -0.15) is 4.68 Å². The van der Waals surface area contributed by atoms with E-state index >= 15 is 0 Å². The van der Waals surface area contributed by atoms with Crippen molar-refractivity contribution in [2.75, 3.05) is 5.73 Å². The number of nitrogens with zero attached hydrogens (tertiary/aromatic N) is 4. The fourth-order valence-electron chi connectivity index (χ4n) is 1.84. The minimum absolute atomic E-state index is 0.0945. The first-order valence-electron chi connectivity index (χ1n) is 5.85. The standard InChI is InChI=1S/C13H8ClF2N5/c14-9-5-7(1-4-11(9)17)13-18-19-20-21(13)12-6-8(15)2-3-10(12)16/h1-6H,17H2. The summed E-state index contributed by atoms with van der Waals surface area (Å²) in [6.07, 6.45) is 0.